The largest absolute Gasteiger partial charge is 0.450 e. The second-order valence-corrected chi connectivity index (χ2v) is 7.78. The summed E-state index contributed by atoms with van der Waals surface area (Å²) in [6.45, 7) is 2.98. The molecule has 160 valence electrons. The molecule has 0 saturated heterocycles. The lowest BCUT2D eigenvalue weighted by molar-refractivity contribution is -0.384. The van der Waals surface area contributed by atoms with Gasteiger partial charge in [-0.15, -0.1) is 0 Å². The number of nitro benzene ring substituents is 1. The van der Waals surface area contributed by atoms with E-state index >= 15 is 0 Å². The van der Waals surface area contributed by atoms with Crippen molar-refractivity contribution in [1.29, 1.82) is 0 Å². The lowest BCUT2D eigenvalue weighted by atomic mass is 9.89. The van der Waals surface area contributed by atoms with Crippen LogP contribution in [0.5, 0.6) is 0 Å². The summed E-state index contributed by atoms with van der Waals surface area (Å²) in [4.78, 5) is 30.0. The standard InChI is InChI=1S/C25H21N3O4/c1-2-32-25(29)27-13-12-20-21(15-27)24(17-7-5-8-18(14-17)28(30)31)26-22-11-10-16-6-3-4-9-19(16)23(20)22/h3-11,14H,2,12-13,15H2,1H3. The first-order valence-electron chi connectivity index (χ1n) is 10.6. The van der Waals surface area contributed by atoms with Gasteiger partial charge in [0, 0.05) is 35.2 Å². The zero-order valence-corrected chi connectivity index (χ0v) is 17.6. The summed E-state index contributed by atoms with van der Waals surface area (Å²) in [6, 6.07) is 18.7. The first-order chi connectivity index (χ1) is 15.6. The van der Waals surface area contributed by atoms with Crippen molar-refractivity contribution in [2.75, 3.05) is 13.2 Å². The van der Waals surface area contributed by atoms with Gasteiger partial charge in [-0.2, -0.15) is 0 Å². The van der Waals surface area contributed by atoms with Crippen molar-refractivity contribution in [2.45, 2.75) is 19.9 Å². The fraction of sp³-hybridized carbons (Fsp3) is 0.200. The Morgan fingerprint density at radius 2 is 1.97 bits per heavy atom. The number of amides is 1. The van der Waals surface area contributed by atoms with Crippen molar-refractivity contribution in [1.82, 2.24) is 9.88 Å². The number of non-ortho nitro benzene ring substituents is 1. The highest BCUT2D eigenvalue weighted by molar-refractivity contribution is 6.09. The fourth-order valence-corrected chi connectivity index (χ4v) is 4.49. The number of aromatic nitrogens is 1. The summed E-state index contributed by atoms with van der Waals surface area (Å²) in [6.07, 6.45) is 0.296. The van der Waals surface area contributed by atoms with E-state index in [1.54, 1.807) is 24.0 Å². The maximum atomic E-state index is 12.5. The first kappa shape index (κ1) is 19.9. The Morgan fingerprint density at radius 3 is 2.78 bits per heavy atom. The zero-order chi connectivity index (χ0) is 22.2. The van der Waals surface area contributed by atoms with Crippen LogP contribution in [0.1, 0.15) is 18.1 Å². The fourth-order valence-electron chi connectivity index (χ4n) is 4.49. The molecule has 0 bridgehead atoms. The van der Waals surface area contributed by atoms with Gasteiger partial charge in [0.2, 0.25) is 0 Å². The molecule has 0 saturated carbocycles. The highest BCUT2D eigenvalue weighted by Crippen LogP contribution is 2.38. The molecule has 1 aromatic heterocycles. The molecule has 0 aliphatic carbocycles. The Bertz CT molecular complexity index is 1380. The van der Waals surface area contributed by atoms with Gasteiger partial charge < -0.3 is 9.64 Å². The summed E-state index contributed by atoms with van der Waals surface area (Å²) >= 11 is 0. The van der Waals surface area contributed by atoms with Gasteiger partial charge in [0.15, 0.2) is 0 Å². The van der Waals surface area contributed by atoms with Gasteiger partial charge in [-0.3, -0.25) is 10.1 Å². The number of fused-ring (bicyclic) bond motifs is 5. The predicted octanol–water partition coefficient (Wildman–Crippen LogP) is 5.48. The van der Waals surface area contributed by atoms with Crippen molar-refractivity contribution in [3.05, 3.63) is 81.9 Å². The summed E-state index contributed by atoms with van der Waals surface area (Å²) < 4.78 is 5.23. The lowest BCUT2D eigenvalue weighted by Crippen LogP contribution is -2.37. The average molecular weight is 427 g/mol. The van der Waals surface area contributed by atoms with Gasteiger partial charge in [0.05, 0.1) is 29.3 Å². The van der Waals surface area contributed by atoms with Crippen molar-refractivity contribution in [2.24, 2.45) is 0 Å². The summed E-state index contributed by atoms with van der Waals surface area (Å²) in [5.41, 5.74) is 4.22. The number of ether oxygens (including phenoxy) is 1. The Kier molecular flexibility index (Phi) is 4.93. The van der Waals surface area contributed by atoms with E-state index in [2.05, 4.69) is 12.1 Å². The van der Waals surface area contributed by atoms with Crippen LogP contribution >= 0.6 is 0 Å². The smallest absolute Gasteiger partial charge is 0.410 e. The number of carbonyl (C=O) groups is 1. The normalized spacial score (nSPS) is 13.2. The van der Waals surface area contributed by atoms with Crippen LogP contribution in [0.3, 0.4) is 0 Å². The Balaban J connectivity index is 1.78. The molecule has 5 rings (SSSR count). The summed E-state index contributed by atoms with van der Waals surface area (Å²) in [5.74, 6) is 0. The van der Waals surface area contributed by atoms with Crippen molar-refractivity contribution < 1.29 is 14.5 Å². The number of nitrogens with zero attached hydrogens (tertiary/aromatic N) is 3. The third kappa shape index (κ3) is 3.32. The monoisotopic (exact) mass is 427 g/mol. The van der Waals surface area contributed by atoms with Crippen LogP contribution in [0.15, 0.2) is 60.7 Å². The van der Waals surface area contributed by atoms with Crippen LogP contribution < -0.4 is 0 Å². The number of rotatable bonds is 3. The molecular weight excluding hydrogens is 406 g/mol. The van der Waals surface area contributed by atoms with Gasteiger partial charge in [-0.1, -0.05) is 42.5 Å². The topological polar surface area (TPSA) is 85.6 Å². The number of hydrogen-bond donors (Lipinski definition) is 0. The SMILES string of the molecule is CCOC(=O)N1CCc2c(c(-c3cccc([N+](=O)[O-])c3)nc3ccc4ccccc4c23)C1. The number of hydrogen-bond acceptors (Lipinski definition) is 5. The molecule has 7 heteroatoms. The quantitative estimate of drug-likeness (QED) is 0.246. The molecule has 1 amide bonds. The van der Waals surface area contributed by atoms with E-state index in [0.717, 1.165) is 32.8 Å². The van der Waals surface area contributed by atoms with Gasteiger partial charge in [-0.05, 0) is 35.7 Å². The predicted molar refractivity (Wildman–Crippen MR) is 122 cm³/mol. The van der Waals surface area contributed by atoms with Crippen LogP contribution in [-0.2, 0) is 17.7 Å². The first-order valence-corrected chi connectivity index (χ1v) is 10.6. The Morgan fingerprint density at radius 1 is 1.12 bits per heavy atom. The second-order valence-electron chi connectivity index (χ2n) is 7.78. The number of benzene rings is 3. The van der Waals surface area contributed by atoms with Crippen molar-refractivity contribution in [3.63, 3.8) is 0 Å². The van der Waals surface area contributed by atoms with Crippen molar-refractivity contribution in [3.8, 4) is 11.3 Å². The minimum atomic E-state index is -0.407. The van der Waals surface area contributed by atoms with Crippen LogP contribution in [0.25, 0.3) is 32.9 Å². The molecule has 3 aromatic carbocycles. The van der Waals surface area contributed by atoms with E-state index in [0.29, 0.717) is 37.4 Å². The van der Waals surface area contributed by atoms with Crippen LogP contribution in [0.4, 0.5) is 10.5 Å². The molecule has 1 aliphatic heterocycles. The number of nitro groups is 1. The van der Waals surface area contributed by atoms with E-state index in [-0.39, 0.29) is 11.8 Å². The highest BCUT2D eigenvalue weighted by atomic mass is 16.6. The molecule has 4 aromatic rings. The number of pyridine rings is 1. The van der Waals surface area contributed by atoms with Gasteiger partial charge in [0.1, 0.15) is 0 Å². The molecule has 7 nitrogen and oxygen atoms in total. The van der Waals surface area contributed by atoms with E-state index in [1.807, 2.05) is 30.3 Å². The zero-order valence-electron chi connectivity index (χ0n) is 17.6. The molecule has 0 radical (unpaired) electrons. The van der Waals surface area contributed by atoms with Crippen LogP contribution in [0.2, 0.25) is 0 Å². The average Bonchev–Trinajstić information content (AvgIpc) is 2.83. The van der Waals surface area contributed by atoms with E-state index in [9.17, 15) is 14.9 Å². The minimum absolute atomic E-state index is 0.00900. The molecule has 1 aliphatic rings. The molecule has 32 heavy (non-hydrogen) atoms. The van der Waals surface area contributed by atoms with Crippen LogP contribution in [-0.4, -0.2) is 34.1 Å². The van der Waals surface area contributed by atoms with Crippen molar-refractivity contribution >= 4 is 33.5 Å². The van der Waals surface area contributed by atoms with Gasteiger partial charge in [0.25, 0.3) is 5.69 Å². The van der Waals surface area contributed by atoms with Crippen LogP contribution in [0, 0.1) is 10.1 Å². The lowest BCUT2D eigenvalue weighted by Gasteiger charge is -2.30. The maximum absolute atomic E-state index is 12.5. The Hall–Kier alpha value is -4.00. The second kappa shape index (κ2) is 7.92. The third-order valence-electron chi connectivity index (χ3n) is 5.93. The van der Waals surface area contributed by atoms with Gasteiger partial charge in [-0.25, -0.2) is 9.78 Å². The maximum Gasteiger partial charge on any atom is 0.410 e. The molecule has 0 N–H and O–H groups in total. The van der Waals surface area contributed by atoms with E-state index in [4.69, 9.17) is 9.72 Å². The molecule has 0 unspecified atom stereocenters. The third-order valence-corrected chi connectivity index (χ3v) is 5.93. The molecular formula is C25H21N3O4. The Labute approximate surface area is 184 Å². The van der Waals surface area contributed by atoms with Gasteiger partial charge >= 0.3 is 6.09 Å². The molecule has 0 fully saturated rings. The molecule has 0 atom stereocenters. The minimum Gasteiger partial charge on any atom is -0.450 e. The summed E-state index contributed by atoms with van der Waals surface area (Å²) in [7, 11) is 0. The van der Waals surface area contributed by atoms with E-state index < -0.39 is 4.92 Å². The number of carbonyl (C=O) groups excluding carboxylic acids is 1. The highest BCUT2D eigenvalue weighted by Gasteiger charge is 2.28. The molecule has 0 spiro atoms. The van der Waals surface area contributed by atoms with E-state index in [1.165, 1.54) is 6.07 Å². The summed E-state index contributed by atoms with van der Waals surface area (Å²) in [5, 5.41) is 14.7. The molecule has 2 heterocycles.